The van der Waals surface area contributed by atoms with Crippen molar-refractivity contribution in [3.8, 4) is 0 Å². The maximum Gasteiger partial charge on any atom is 0.0112 e. The first-order valence-corrected chi connectivity index (χ1v) is 18.7. The van der Waals surface area contributed by atoms with Gasteiger partial charge < -0.3 is 28.3 Å². The van der Waals surface area contributed by atoms with Crippen LogP contribution >= 0.6 is 0 Å². The predicted molar refractivity (Wildman–Crippen MR) is 213 cm³/mol. The summed E-state index contributed by atoms with van der Waals surface area (Å²) in [6.07, 6.45) is 9.56. The SMILES string of the molecule is CC(C)C1=CC[N-]CC1.CC(C)C1=CC[N-]CC1.CC(C)C1CC[N-]CC1.CC(C)N1CCN(C)CC1.CC(C)c1ccccc1.[CH3-].[W].[W].[W].[W]. The minimum Gasteiger partial charge on any atom is -0.662 e. The molecule has 0 N–H and O–H groups in total. The van der Waals surface area contributed by atoms with Crippen molar-refractivity contribution < 1.29 is 84.3 Å². The Bertz CT molecular complexity index is 894. The Morgan fingerprint density at radius 1 is 0.569 bits per heavy atom. The molecule has 51 heavy (non-hydrogen) atoms. The zero-order valence-electron chi connectivity index (χ0n) is 34.8. The quantitative estimate of drug-likeness (QED) is 0.218. The van der Waals surface area contributed by atoms with Crippen LogP contribution in [0.3, 0.4) is 0 Å². The fraction of sp³-hybridized carbons (Fsp3) is 0.738. The molecule has 0 radical (unpaired) electrons. The van der Waals surface area contributed by atoms with Crippen molar-refractivity contribution in [3.63, 3.8) is 0 Å². The van der Waals surface area contributed by atoms with Gasteiger partial charge in [0.05, 0.1) is 0 Å². The van der Waals surface area contributed by atoms with Crippen molar-refractivity contribution in [3.05, 3.63) is 82.6 Å². The van der Waals surface area contributed by atoms with Gasteiger partial charge >= 0.3 is 0 Å². The molecule has 0 aliphatic carbocycles. The van der Waals surface area contributed by atoms with Crippen LogP contribution in [0.4, 0.5) is 0 Å². The molecule has 0 unspecified atom stereocenters. The van der Waals surface area contributed by atoms with E-state index in [1.165, 1.54) is 57.4 Å². The molecule has 1 aromatic rings. The Balaban J connectivity index is -0.000000169. The summed E-state index contributed by atoms with van der Waals surface area (Å²) in [6, 6.07) is 11.2. The second-order valence-electron chi connectivity index (χ2n) is 14.9. The second-order valence-corrected chi connectivity index (χ2v) is 14.9. The van der Waals surface area contributed by atoms with E-state index in [0.29, 0.717) is 5.92 Å². The summed E-state index contributed by atoms with van der Waals surface area (Å²) in [7, 11) is 2.19. The van der Waals surface area contributed by atoms with E-state index in [1.54, 1.807) is 11.1 Å². The average Bonchev–Trinajstić information content (AvgIpc) is 3.08. The van der Waals surface area contributed by atoms with Crippen LogP contribution in [-0.4, -0.2) is 88.3 Å². The number of piperidine rings is 1. The Morgan fingerprint density at radius 3 is 1.25 bits per heavy atom. The third-order valence-electron chi connectivity index (χ3n) is 9.56. The Hall–Kier alpha value is 1.25. The summed E-state index contributed by atoms with van der Waals surface area (Å²) >= 11 is 0. The number of likely N-dealkylation sites (N-methyl/N-ethyl adjacent to an activating group) is 1. The molecular weight excluding hydrogens is 1310 g/mol. The van der Waals surface area contributed by atoms with E-state index >= 15 is 0 Å². The zero-order valence-corrected chi connectivity index (χ0v) is 46.5. The maximum atomic E-state index is 4.31. The number of hydrogen-bond donors (Lipinski definition) is 0. The monoisotopic (exact) mass is 1390 g/mol. The molecule has 298 valence electrons. The van der Waals surface area contributed by atoms with Crippen molar-refractivity contribution in [1.29, 1.82) is 0 Å². The molecular formula is C42H77N5W4-4. The first-order valence-electron chi connectivity index (χ1n) is 18.7. The molecule has 0 saturated carbocycles. The minimum atomic E-state index is 0. The summed E-state index contributed by atoms with van der Waals surface area (Å²) in [4.78, 5) is 4.92. The van der Waals surface area contributed by atoms with Gasteiger partial charge in [0.15, 0.2) is 0 Å². The van der Waals surface area contributed by atoms with Gasteiger partial charge in [0.2, 0.25) is 0 Å². The van der Waals surface area contributed by atoms with Crippen LogP contribution in [0.2, 0.25) is 0 Å². The minimum absolute atomic E-state index is 0. The number of hydrogen-bond acceptors (Lipinski definition) is 2. The topological polar surface area (TPSA) is 48.8 Å². The molecule has 0 bridgehead atoms. The van der Waals surface area contributed by atoms with E-state index < -0.39 is 0 Å². The number of rotatable bonds is 5. The molecule has 0 atom stereocenters. The van der Waals surface area contributed by atoms with Gasteiger partial charge in [0, 0.05) is 116 Å². The first-order chi connectivity index (χ1) is 21.9. The van der Waals surface area contributed by atoms with E-state index in [0.717, 1.165) is 69.0 Å². The van der Waals surface area contributed by atoms with E-state index in [2.05, 4.69) is 138 Å². The van der Waals surface area contributed by atoms with Gasteiger partial charge in [-0.15, -0.1) is 51.4 Å². The van der Waals surface area contributed by atoms with Gasteiger partial charge in [-0.1, -0.05) is 123 Å². The zero-order chi connectivity index (χ0) is 34.3. The van der Waals surface area contributed by atoms with E-state index in [-0.39, 0.29) is 91.7 Å². The summed E-state index contributed by atoms with van der Waals surface area (Å²) in [5.74, 6) is 3.97. The van der Waals surface area contributed by atoms with Crippen molar-refractivity contribution in [1.82, 2.24) is 9.80 Å². The standard InChI is InChI=1S/C9H12.C8H18N2.C8H16N.2C8H14N.CH3.4W/c1-8(2)9-6-4-3-5-7-9;1-8(2)10-6-4-9(3)5-7-10;3*1-7(2)8-3-5-9-6-4-8;;;;;/h3-8H,1-2H3;8H,4-7H2,1-3H3;7-8H,3-6H2,1-2H3;2*3,7H,4-6H2,1-2H3;1H3;;;;/q;;4*-1;;;;. The number of benzene rings is 1. The maximum absolute atomic E-state index is 4.31. The normalized spacial score (nSPS) is 17.6. The number of piperazine rings is 1. The predicted octanol–water partition coefficient (Wildman–Crippen LogP) is 11.0. The van der Waals surface area contributed by atoms with Gasteiger partial charge in [-0.05, 0) is 56.0 Å². The van der Waals surface area contributed by atoms with Crippen molar-refractivity contribution >= 4 is 0 Å². The molecule has 5 nitrogen and oxygen atoms in total. The van der Waals surface area contributed by atoms with Gasteiger partial charge in [-0.2, -0.15) is 0 Å². The van der Waals surface area contributed by atoms with E-state index in [9.17, 15) is 0 Å². The molecule has 0 aromatic heterocycles. The second kappa shape index (κ2) is 38.1. The average molecular weight is 1390 g/mol. The van der Waals surface area contributed by atoms with Crippen LogP contribution in [0, 0.1) is 31.1 Å². The Kier molecular flexibility index (Phi) is 46.0. The Labute approximate surface area is 376 Å². The summed E-state index contributed by atoms with van der Waals surface area (Å²) in [5, 5.41) is 12.8. The van der Waals surface area contributed by atoms with Crippen LogP contribution < -0.4 is 0 Å². The van der Waals surface area contributed by atoms with Crippen LogP contribution in [-0.2, 0) is 84.3 Å². The molecule has 1 aromatic carbocycles. The third kappa shape index (κ3) is 31.1. The molecule has 2 saturated heterocycles. The van der Waals surface area contributed by atoms with Crippen LogP contribution in [0.25, 0.3) is 16.0 Å². The van der Waals surface area contributed by atoms with Gasteiger partial charge in [0.1, 0.15) is 0 Å². The molecule has 2 fully saturated rings. The number of nitrogens with zero attached hydrogens (tertiary/aromatic N) is 5. The third-order valence-corrected chi connectivity index (χ3v) is 9.56. The molecule has 4 aliphatic rings. The molecule has 0 amide bonds. The summed E-state index contributed by atoms with van der Waals surface area (Å²) in [6.45, 7) is 33.7. The molecule has 4 heterocycles. The fourth-order valence-electron chi connectivity index (χ4n) is 5.83. The van der Waals surface area contributed by atoms with Gasteiger partial charge in [-0.25, -0.2) is 0 Å². The van der Waals surface area contributed by atoms with Gasteiger partial charge in [-0.3, -0.25) is 4.90 Å². The van der Waals surface area contributed by atoms with Crippen molar-refractivity contribution in [2.24, 2.45) is 23.7 Å². The molecule has 5 rings (SSSR count). The summed E-state index contributed by atoms with van der Waals surface area (Å²) in [5.41, 5.74) is 4.59. The molecule has 4 aliphatic heterocycles. The van der Waals surface area contributed by atoms with Crippen molar-refractivity contribution in [2.75, 3.05) is 72.5 Å². The summed E-state index contributed by atoms with van der Waals surface area (Å²) < 4.78 is 0. The van der Waals surface area contributed by atoms with Crippen LogP contribution in [0.15, 0.2) is 53.6 Å². The Morgan fingerprint density at radius 2 is 1.00 bits per heavy atom. The fourth-order valence-corrected chi connectivity index (χ4v) is 5.83. The first kappa shape index (κ1) is 61.5. The van der Waals surface area contributed by atoms with E-state index in [4.69, 9.17) is 0 Å². The largest absolute Gasteiger partial charge is 0.662 e. The van der Waals surface area contributed by atoms with E-state index in [1.807, 2.05) is 6.07 Å². The van der Waals surface area contributed by atoms with Gasteiger partial charge in [0.25, 0.3) is 0 Å². The molecule has 0 spiro atoms. The molecule has 9 heteroatoms. The van der Waals surface area contributed by atoms with Crippen LogP contribution in [0.5, 0.6) is 0 Å². The van der Waals surface area contributed by atoms with Crippen LogP contribution in [0.1, 0.15) is 106 Å². The van der Waals surface area contributed by atoms with Crippen molar-refractivity contribution in [2.45, 2.75) is 107 Å². The smallest absolute Gasteiger partial charge is 0.0112 e.